The molecule has 0 amide bonds. The van der Waals surface area contributed by atoms with Gasteiger partial charge in [0.05, 0.1) is 0 Å². The summed E-state index contributed by atoms with van der Waals surface area (Å²) in [4.78, 5) is 2.51. The van der Waals surface area contributed by atoms with Gasteiger partial charge in [-0.15, -0.1) is 0 Å². The van der Waals surface area contributed by atoms with Crippen LogP contribution in [0.4, 0.5) is 0 Å². The molecule has 0 aliphatic heterocycles. The Morgan fingerprint density at radius 2 is 2.06 bits per heavy atom. The van der Waals surface area contributed by atoms with Crippen molar-refractivity contribution in [2.75, 3.05) is 40.4 Å². The van der Waals surface area contributed by atoms with Crippen LogP contribution >= 0.6 is 0 Å². The smallest absolute Gasteiger partial charge is 0.0499 e. The monoisotopic (exact) mass is 228 g/mol. The standard InChI is InChI=1S/C13H28N2O/c1-12(11-16-3)10-14-8-9-15(2)13-6-4-5-7-13/h12-14H,4-11H2,1-3H3. The lowest BCUT2D eigenvalue weighted by molar-refractivity contribution is 0.157. The van der Waals surface area contributed by atoms with Crippen LogP contribution in [-0.2, 0) is 4.74 Å². The van der Waals surface area contributed by atoms with Gasteiger partial charge in [-0.25, -0.2) is 0 Å². The van der Waals surface area contributed by atoms with Crippen LogP contribution in [0.5, 0.6) is 0 Å². The number of rotatable bonds is 8. The average Bonchev–Trinajstić information content (AvgIpc) is 2.78. The number of hydrogen-bond donors (Lipinski definition) is 1. The maximum Gasteiger partial charge on any atom is 0.0499 e. The highest BCUT2D eigenvalue weighted by atomic mass is 16.5. The summed E-state index contributed by atoms with van der Waals surface area (Å²) in [5, 5.41) is 3.50. The van der Waals surface area contributed by atoms with Crippen LogP contribution < -0.4 is 5.32 Å². The van der Waals surface area contributed by atoms with Gasteiger partial charge in [-0.1, -0.05) is 19.8 Å². The van der Waals surface area contributed by atoms with Crippen molar-refractivity contribution in [2.24, 2.45) is 5.92 Å². The van der Waals surface area contributed by atoms with Crippen LogP contribution in [0, 0.1) is 5.92 Å². The number of ether oxygens (including phenoxy) is 1. The second kappa shape index (κ2) is 8.04. The Morgan fingerprint density at radius 3 is 2.69 bits per heavy atom. The molecule has 1 aliphatic carbocycles. The number of nitrogens with zero attached hydrogens (tertiary/aromatic N) is 1. The van der Waals surface area contributed by atoms with E-state index < -0.39 is 0 Å². The summed E-state index contributed by atoms with van der Waals surface area (Å²) >= 11 is 0. The molecular weight excluding hydrogens is 200 g/mol. The Hall–Kier alpha value is -0.120. The first kappa shape index (κ1) is 13.9. The normalized spacial score (nSPS) is 19.5. The number of nitrogens with one attached hydrogen (secondary N) is 1. The summed E-state index contributed by atoms with van der Waals surface area (Å²) in [5.74, 6) is 0.613. The first-order valence-electron chi connectivity index (χ1n) is 6.64. The largest absolute Gasteiger partial charge is 0.384 e. The van der Waals surface area contributed by atoms with Crippen molar-refractivity contribution < 1.29 is 4.74 Å². The summed E-state index contributed by atoms with van der Waals surface area (Å²) < 4.78 is 5.11. The molecule has 0 aromatic carbocycles. The van der Waals surface area contributed by atoms with E-state index in [1.807, 2.05) is 0 Å². The lowest BCUT2D eigenvalue weighted by atomic mass is 10.2. The molecule has 0 aromatic rings. The van der Waals surface area contributed by atoms with Gasteiger partial charge in [-0.2, -0.15) is 0 Å². The molecule has 0 aromatic heterocycles. The maximum atomic E-state index is 5.11. The maximum absolute atomic E-state index is 5.11. The van der Waals surface area contributed by atoms with Crippen LogP contribution in [0.2, 0.25) is 0 Å². The van der Waals surface area contributed by atoms with Gasteiger partial charge in [0, 0.05) is 32.8 Å². The Labute approximate surface area is 101 Å². The van der Waals surface area contributed by atoms with E-state index in [0.717, 1.165) is 25.7 Å². The summed E-state index contributed by atoms with van der Waals surface area (Å²) in [5.41, 5.74) is 0. The van der Waals surface area contributed by atoms with Crippen molar-refractivity contribution in [1.29, 1.82) is 0 Å². The molecule has 1 unspecified atom stereocenters. The fourth-order valence-electron chi connectivity index (χ4n) is 2.47. The summed E-state index contributed by atoms with van der Waals surface area (Å²) in [6.07, 6.45) is 5.65. The zero-order chi connectivity index (χ0) is 11.8. The van der Waals surface area contributed by atoms with Gasteiger partial charge in [0.2, 0.25) is 0 Å². The molecule has 1 saturated carbocycles. The Balaban J connectivity index is 1.97. The van der Waals surface area contributed by atoms with E-state index in [0.29, 0.717) is 5.92 Å². The topological polar surface area (TPSA) is 24.5 Å². The minimum atomic E-state index is 0.613. The van der Waals surface area contributed by atoms with Gasteiger partial charge < -0.3 is 15.0 Å². The minimum absolute atomic E-state index is 0.613. The zero-order valence-electron chi connectivity index (χ0n) is 11.2. The summed E-state index contributed by atoms with van der Waals surface area (Å²) in [7, 11) is 4.03. The lowest BCUT2D eigenvalue weighted by Gasteiger charge is -2.24. The van der Waals surface area contributed by atoms with Gasteiger partial charge in [-0.3, -0.25) is 0 Å². The molecule has 0 bridgehead atoms. The van der Waals surface area contributed by atoms with Crippen LogP contribution in [0.15, 0.2) is 0 Å². The molecule has 1 N–H and O–H groups in total. The van der Waals surface area contributed by atoms with Crippen molar-refractivity contribution in [3.05, 3.63) is 0 Å². The number of hydrogen-bond acceptors (Lipinski definition) is 3. The molecule has 3 nitrogen and oxygen atoms in total. The molecule has 1 aliphatic rings. The van der Waals surface area contributed by atoms with Crippen molar-refractivity contribution in [3.8, 4) is 0 Å². The van der Waals surface area contributed by atoms with Gasteiger partial charge in [-0.05, 0) is 32.4 Å². The highest BCUT2D eigenvalue weighted by Crippen LogP contribution is 2.21. The quantitative estimate of drug-likeness (QED) is 0.640. The zero-order valence-corrected chi connectivity index (χ0v) is 11.2. The van der Waals surface area contributed by atoms with Gasteiger partial charge in [0.1, 0.15) is 0 Å². The molecule has 16 heavy (non-hydrogen) atoms. The Morgan fingerprint density at radius 1 is 1.38 bits per heavy atom. The highest BCUT2D eigenvalue weighted by Gasteiger charge is 2.18. The fourth-order valence-corrected chi connectivity index (χ4v) is 2.47. The minimum Gasteiger partial charge on any atom is -0.384 e. The Bertz CT molecular complexity index is 169. The first-order chi connectivity index (χ1) is 7.74. The first-order valence-corrected chi connectivity index (χ1v) is 6.64. The van der Waals surface area contributed by atoms with Gasteiger partial charge >= 0.3 is 0 Å². The van der Waals surface area contributed by atoms with E-state index in [9.17, 15) is 0 Å². The second-order valence-corrected chi connectivity index (χ2v) is 5.18. The van der Waals surface area contributed by atoms with Crippen molar-refractivity contribution >= 4 is 0 Å². The highest BCUT2D eigenvalue weighted by molar-refractivity contribution is 4.75. The predicted molar refractivity (Wildman–Crippen MR) is 68.8 cm³/mol. The third kappa shape index (κ3) is 5.28. The molecular formula is C13H28N2O. The SMILES string of the molecule is COCC(C)CNCCN(C)C1CCCC1. The van der Waals surface area contributed by atoms with Crippen LogP contribution in [0.25, 0.3) is 0 Å². The van der Waals surface area contributed by atoms with Crippen LogP contribution in [0.1, 0.15) is 32.6 Å². The van der Waals surface area contributed by atoms with E-state index in [2.05, 4.69) is 24.2 Å². The molecule has 1 fully saturated rings. The average molecular weight is 228 g/mol. The second-order valence-electron chi connectivity index (χ2n) is 5.18. The molecule has 0 heterocycles. The van der Waals surface area contributed by atoms with Crippen molar-refractivity contribution in [2.45, 2.75) is 38.6 Å². The van der Waals surface area contributed by atoms with E-state index in [1.54, 1.807) is 7.11 Å². The van der Waals surface area contributed by atoms with Crippen LogP contribution in [-0.4, -0.2) is 51.3 Å². The molecule has 0 spiro atoms. The molecule has 96 valence electrons. The third-order valence-electron chi connectivity index (χ3n) is 3.53. The van der Waals surface area contributed by atoms with Crippen molar-refractivity contribution in [1.82, 2.24) is 10.2 Å². The lowest BCUT2D eigenvalue weighted by Crippen LogP contribution is -2.36. The predicted octanol–water partition coefficient (Wildman–Crippen LogP) is 1.73. The number of likely N-dealkylation sites (N-methyl/N-ethyl adjacent to an activating group) is 1. The molecule has 0 radical (unpaired) electrons. The molecule has 1 rings (SSSR count). The van der Waals surface area contributed by atoms with E-state index >= 15 is 0 Å². The molecule has 0 saturated heterocycles. The number of methoxy groups -OCH3 is 1. The third-order valence-corrected chi connectivity index (χ3v) is 3.53. The Kier molecular flexibility index (Phi) is 7.01. The molecule has 3 heteroatoms. The summed E-state index contributed by atoms with van der Waals surface area (Å²) in [6, 6.07) is 0.846. The van der Waals surface area contributed by atoms with Gasteiger partial charge in [0.25, 0.3) is 0 Å². The van der Waals surface area contributed by atoms with E-state index in [1.165, 1.54) is 32.2 Å². The van der Waals surface area contributed by atoms with Crippen molar-refractivity contribution in [3.63, 3.8) is 0 Å². The van der Waals surface area contributed by atoms with E-state index in [4.69, 9.17) is 4.74 Å². The summed E-state index contributed by atoms with van der Waals surface area (Å²) in [6.45, 7) is 6.40. The molecule has 1 atom stereocenters. The fraction of sp³-hybridized carbons (Fsp3) is 1.00. The van der Waals surface area contributed by atoms with E-state index in [-0.39, 0.29) is 0 Å². The van der Waals surface area contributed by atoms with Crippen LogP contribution in [0.3, 0.4) is 0 Å². The van der Waals surface area contributed by atoms with Gasteiger partial charge in [0.15, 0.2) is 0 Å².